The van der Waals surface area contributed by atoms with Gasteiger partial charge in [0.1, 0.15) is 11.4 Å². The fourth-order valence-electron chi connectivity index (χ4n) is 1.74. The second-order valence-corrected chi connectivity index (χ2v) is 5.59. The van der Waals surface area contributed by atoms with Gasteiger partial charge in [0.15, 0.2) is 0 Å². The second-order valence-electron chi connectivity index (χ2n) is 4.12. The molecule has 0 bridgehead atoms. The first-order valence-corrected chi connectivity index (χ1v) is 7.37. The molecule has 1 aromatic carbocycles. The molecule has 5 heteroatoms. The molecule has 0 aliphatic rings. The first-order chi connectivity index (χ1) is 9.20. The van der Waals surface area contributed by atoms with Gasteiger partial charge in [0, 0.05) is 17.1 Å². The molecule has 1 N–H and O–H groups in total. The van der Waals surface area contributed by atoms with E-state index >= 15 is 0 Å². The summed E-state index contributed by atoms with van der Waals surface area (Å²) in [6.45, 7) is 5.17. The van der Waals surface area contributed by atoms with Crippen molar-refractivity contribution in [3.8, 4) is 0 Å². The fraction of sp³-hybridized carbons (Fsp3) is 0.286. The smallest absolute Gasteiger partial charge is 0.116 e. The van der Waals surface area contributed by atoms with Crippen LogP contribution in [0.1, 0.15) is 25.5 Å². The van der Waals surface area contributed by atoms with Crippen LogP contribution in [0.5, 0.6) is 0 Å². The molecule has 2 aromatic rings. The molecule has 0 aliphatic carbocycles. The lowest BCUT2D eigenvalue weighted by atomic mass is 10.1. The maximum Gasteiger partial charge on any atom is 0.116 e. The first-order valence-electron chi connectivity index (χ1n) is 6.17. The topological polar surface area (TPSA) is 37.8 Å². The van der Waals surface area contributed by atoms with E-state index in [2.05, 4.69) is 35.2 Å². The highest BCUT2D eigenvalue weighted by atomic mass is 35.5. The maximum absolute atomic E-state index is 6.33. The molecule has 0 saturated carbocycles. The number of aromatic nitrogens is 2. The van der Waals surface area contributed by atoms with Crippen LogP contribution >= 0.6 is 23.4 Å². The third-order valence-corrected chi connectivity index (χ3v) is 4.19. The van der Waals surface area contributed by atoms with Gasteiger partial charge in [0.2, 0.25) is 0 Å². The van der Waals surface area contributed by atoms with Gasteiger partial charge in [-0.25, -0.2) is 9.97 Å². The fourth-order valence-corrected chi connectivity index (χ4v) is 2.80. The summed E-state index contributed by atoms with van der Waals surface area (Å²) in [5.41, 5.74) is 1.19. The van der Waals surface area contributed by atoms with E-state index in [0.717, 1.165) is 21.5 Å². The summed E-state index contributed by atoms with van der Waals surface area (Å²) in [7, 11) is 0. The molecule has 1 heterocycles. The molecule has 0 fully saturated rings. The van der Waals surface area contributed by atoms with Gasteiger partial charge in [-0.15, -0.1) is 0 Å². The van der Waals surface area contributed by atoms with E-state index in [1.54, 1.807) is 18.0 Å². The van der Waals surface area contributed by atoms with Crippen LogP contribution in [0.4, 0.5) is 0 Å². The van der Waals surface area contributed by atoms with Gasteiger partial charge in [0.25, 0.3) is 0 Å². The van der Waals surface area contributed by atoms with Crippen molar-refractivity contribution in [2.24, 2.45) is 0 Å². The molecule has 1 atom stereocenters. The zero-order valence-corrected chi connectivity index (χ0v) is 12.5. The molecule has 0 spiro atoms. The summed E-state index contributed by atoms with van der Waals surface area (Å²) in [4.78, 5) is 9.09. The number of rotatable bonds is 5. The number of hydrogen-bond donors (Lipinski definition) is 1. The minimum Gasteiger partial charge on any atom is -0.310 e. The number of hydrogen-bond acceptors (Lipinski definition) is 4. The summed E-state index contributed by atoms with van der Waals surface area (Å²) >= 11 is 7.88. The van der Waals surface area contributed by atoms with Gasteiger partial charge in [-0.05, 0) is 37.2 Å². The Morgan fingerprint density at radius 1 is 1.37 bits per heavy atom. The Hall–Kier alpha value is -1.10. The number of benzene rings is 1. The summed E-state index contributed by atoms with van der Waals surface area (Å²) in [5.74, 6) is 0. The molecule has 3 nitrogen and oxygen atoms in total. The van der Waals surface area contributed by atoms with Crippen molar-refractivity contribution >= 4 is 23.4 Å². The van der Waals surface area contributed by atoms with Crippen LogP contribution < -0.4 is 5.32 Å². The summed E-state index contributed by atoms with van der Waals surface area (Å²) in [6.07, 6.45) is 3.27. The normalized spacial score (nSPS) is 12.4. The zero-order valence-electron chi connectivity index (χ0n) is 10.9. The Labute approximate surface area is 122 Å². The van der Waals surface area contributed by atoms with E-state index in [1.165, 1.54) is 11.9 Å². The lowest BCUT2D eigenvalue weighted by molar-refractivity contribution is 0.598. The average molecular weight is 294 g/mol. The Bertz CT molecular complexity index is 533. The summed E-state index contributed by atoms with van der Waals surface area (Å²) in [6, 6.07) is 8.33. The third-order valence-electron chi connectivity index (χ3n) is 2.74. The molecular weight excluding hydrogens is 278 g/mol. The van der Waals surface area contributed by atoms with E-state index in [4.69, 9.17) is 11.6 Å². The summed E-state index contributed by atoms with van der Waals surface area (Å²) < 4.78 is 0. The van der Waals surface area contributed by atoms with Crippen LogP contribution in [0.25, 0.3) is 0 Å². The average Bonchev–Trinajstić information content (AvgIpc) is 2.42. The molecule has 1 unspecified atom stereocenters. The van der Waals surface area contributed by atoms with Gasteiger partial charge in [0.05, 0.1) is 5.02 Å². The van der Waals surface area contributed by atoms with Crippen LogP contribution in [-0.4, -0.2) is 16.5 Å². The minimum atomic E-state index is 0.306. The van der Waals surface area contributed by atoms with Crippen LogP contribution in [0, 0.1) is 0 Å². The van der Waals surface area contributed by atoms with E-state index in [9.17, 15) is 0 Å². The van der Waals surface area contributed by atoms with Crippen molar-refractivity contribution < 1.29 is 0 Å². The van der Waals surface area contributed by atoms with Crippen LogP contribution in [-0.2, 0) is 0 Å². The van der Waals surface area contributed by atoms with Gasteiger partial charge in [-0.1, -0.05) is 36.4 Å². The van der Waals surface area contributed by atoms with Crippen LogP contribution in [0.15, 0.2) is 46.7 Å². The summed E-state index contributed by atoms with van der Waals surface area (Å²) in [5, 5.41) is 5.02. The highest BCUT2D eigenvalue weighted by Crippen LogP contribution is 2.33. The van der Waals surface area contributed by atoms with E-state index in [0.29, 0.717) is 6.04 Å². The quantitative estimate of drug-likeness (QED) is 0.847. The first kappa shape index (κ1) is 14.3. The van der Waals surface area contributed by atoms with Gasteiger partial charge in [-0.3, -0.25) is 0 Å². The van der Waals surface area contributed by atoms with Gasteiger partial charge >= 0.3 is 0 Å². The molecule has 0 amide bonds. The molecular formula is C14H16ClN3S. The molecule has 1 aromatic heterocycles. The van der Waals surface area contributed by atoms with Crippen LogP contribution in [0.2, 0.25) is 5.02 Å². The maximum atomic E-state index is 6.33. The largest absolute Gasteiger partial charge is 0.310 e. The Kier molecular flexibility index (Phi) is 5.19. The molecule has 2 rings (SSSR count). The van der Waals surface area contributed by atoms with E-state index < -0.39 is 0 Å². The van der Waals surface area contributed by atoms with Crippen molar-refractivity contribution in [1.29, 1.82) is 0 Å². The number of nitrogens with one attached hydrogen (secondary N) is 1. The Morgan fingerprint density at radius 2 is 2.21 bits per heavy atom. The van der Waals surface area contributed by atoms with Crippen molar-refractivity contribution in [1.82, 2.24) is 15.3 Å². The highest BCUT2D eigenvalue weighted by Gasteiger charge is 2.08. The standard InChI is InChI=1S/C14H16ClN3S/c1-3-17-10(2)11-4-5-13(12(15)8-11)19-14-6-7-16-9-18-14/h4-10,17H,3H2,1-2H3. The minimum absolute atomic E-state index is 0.306. The van der Waals surface area contributed by atoms with E-state index in [-0.39, 0.29) is 0 Å². The number of halogens is 1. The van der Waals surface area contributed by atoms with Gasteiger partial charge < -0.3 is 5.32 Å². The predicted octanol–water partition coefficient (Wildman–Crippen LogP) is 3.95. The second kappa shape index (κ2) is 6.89. The van der Waals surface area contributed by atoms with Crippen molar-refractivity contribution in [2.45, 2.75) is 29.8 Å². The third kappa shape index (κ3) is 3.93. The van der Waals surface area contributed by atoms with Gasteiger partial charge in [-0.2, -0.15) is 0 Å². The SMILES string of the molecule is CCNC(C)c1ccc(Sc2ccncn2)c(Cl)c1. The lowest BCUT2D eigenvalue weighted by Crippen LogP contribution is -2.17. The monoisotopic (exact) mass is 293 g/mol. The lowest BCUT2D eigenvalue weighted by Gasteiger charge is -2.14. The molecule has 0 radical (unpaired) electrons. The van der Waals surface area contributed by atoms with E-state index in [1.807, 2.05) is 18.2 Å². The van der Waals surface area contributed by atoms with Crippen molar-refractivity contribution in [2.75, 3.05) is 6.54 Å². The number of nitrogens with zero attached hydrogens (tertiary/aromatic N) is 2. The van der Waals surface area contributed by atoms with Crippen molar-refractivity contribution in [3.63, 3.8) is 0 Å². The Morgan fingerprint density at radius 3 is 2.84 bits per heavy atom. The van der Waals surface area contributed by atoms with Crippen LogP contribution in [0.3, 0.4) is 0 Å². The molecule has 100 valence electrons. The molecule has 19 heavy (non-hydrogen) atoms. The zero-order chi connectivity index (χ0) is 13.7. The predicted molar refractivity (Wildman–Crippen MR) is 79.7 cm³/mol. The highest BCUT2D eigenvalue weighted by molar-refractivity contribution is 7.99. The Balaban J connectivity index is 2.15. The molecule has 0 aliphatic heterocycles. The molecule has 0 saturated heterocycles. The van der Waals surface area contributed by atoms with Crippen molar-refractivity contribution in [3.05, 3.63) is 47.4 Å².